The molecule has 1 aromatic rings. The molecule has 1 aliphatic carbocycles. The highest BCUT2D eigenvalue weighted by molar-refractivity contribution is 5.08. The second-order valence-electron chi connectivity index (χ2n) is 5.95. The van der Waals surface area contributed by atoms with Gasteiger partial charge in [0.25, 0.3) is 0 Å². The van der Waals surface area contributed by atoms with Gasteiger partial charge < -0.3 is 5.32 Å². The summed E-state index contributed by atoms with van der Waals surface area (Å²) >= 11 is 0. The van der Waals surface area contributed by atoms with Crippen molar-refractivity contribution in [1.82, 2.24) is 15.1 Å². The van der Waals surface area contributed by atoms with Gasteiger partial charge in [0.1, 0.15) is 0 Å². The third-order valence-electron chi connectivity index (χ3n) is 4.25. The van der Waals surface area contributed by atoms with Gasteiger partial charge in [0.05, 0.1) is 0 Å². The molecule has 0 radical (unpaired) electrons. The van der Waals surface area contributed by atoms with Gasteiger partial charge in [-0.2, -0.15) is 5.10 Å². The number of hydrogen-bond acceptors (Lipinski definition) is 2. The molecule has 3 nitrogen and oxygen atoms in total. The van der Waals surface area contributed by atoms with Gasteiger partial charge in [0.2, 0.25) is 0 Å². The van der Waals surface area contributed by atoms with Crippen LogP contribution in [0.3, 0.4) is 0 Å². The standard InChI is InChI=1S/C17H29N3/c1-3-12-18-16(14-15-7-5-4-6-8-15)9-10-17-11-13-19-20(17)2/h7,11,13,16,18H,3-6,8-10,12,14H2,1-2H3. The summed E-state index contributed by atoms with van der Waals surface area (Å²) in [6, 6.07) is 2.76. The molecule has 0 spiro atoms. The highest BCUT2D eigenvalue weighted by Crippen LogP contribution is 2.22. The van der Waals surface area contributed by atoms with Crippen LogP contribution >= 0.6 is 0 Å². The van der Waals surface area contributed by atoms with Crippen molar-refractivity contribution in [3.8, 4) is 0 Å². The van der Waals surface area contributed by atoms with E-state index in [1.807, 2.05) is 17.9 Å². The molecule has 0 fully saturated rings. The van der Waals surface area contributed by atoms with Gasteiger partial charge >= 0.3 is 0 Å². The van der Waals surface area contributed by atoms with Gasteiger partial charge in [-0.15, -0.1) is 0 Å². The quantitative estimate of drug-likeness (QED) is 0.735. The Morgan fingerprint density at radius 1 is 1.40 bits per heavy atom. The molecule has 1 unspecified atom stereocenters. The molecule has 20 heavy (non-hydrogen) atoms. The second kappa shape index (κ2) is 8.25. The number of aromatic nitrogens is 2. The zero-order valence-electron chi connectivity index (χ0n) is 13.1. The summed E-state index contributed by atoms with van der Waals surface area (Å²) in [6.45, 7) is 3.37. The maximum absolute atomic E-state index is 4.26. The van der Waals surface area contributed by atoms with Crippen LogP contribution in [0.1, 0.15) is 57.6 Å². The highest BCUT2D eigenvalue weighted by atomic mass is 15.2. The molecule has 0 aliphatic heterocycles. The molecule has 2 rings (SSSR count). The Kier molecular flexibility index (Phi) is 6.31. The van der Waals surface area contributed by atoms with Crippen LogP contribution < -0.4 is 5.32 Å². The first-order valence-corrected chi connectivity index (χ1v) is 8.17. The molecular formula is C17H29N3. The van der Waals surface area contributed by atoms with Crippen molar-refractivity contribution in [2.75, 3.05) is 6.54 Å². The Bertz CT molecular complexity index is 420. The summed E-state index contributed by atoms with van der Waals surface area (Å²) in [5.74, 6) is 0. The Morgan fingerprint density at radius 2 is 2.30 bits per heavy atom. The van der Waals surface area contributed by atoms with Gasteiger partial charge in [-0.1, -0.05) is 18.6 Å². The molecule has 0 saturated carbocycles. The van der Waals surface area contributed by atoms with Crippen LogP contribution in [0.5, 0.6) is 0 Å². The predicted molar refractivity (Wildman–Crippen MR) is 84.8 cm³/mol. The minimum absolute atomic E-state index is 0.620. The normalized spacial score (nSPS) is 17.0. The molecule has 112 valence electrons. The van der Waals surface area contributed by atoms with Crippen LogP contribution in [-0.2, 0) is 13.5 Å². The van der Waals surface area contributed by atoms with Crippen molar-refractivity contribution < 1.29 is 0 Å². The van der Waals surface area contributed by atoms with Crippen LogP contribution in [-0.4, -0.2) is 22.4 Å². The summed E-state index contributed by atoms with van der Waals surface area (Å²) in [5.41, 5.74) is 3.01. The van der Waals surface area contributed by atoms with E-state index in [4.69, 9.17) is 0 Å². The molecule has 1 aliphatic rings. The van der Waals surface area contributed by atoms with Crippen molar-refractivity contribution in [1.29, 1.82) is 0 Å². The SMILES string of the molecule is CCCNC(CCc1ccnn1C)CC1=CCCCC1. The Labute approximate surface area is 123 Å². The maximum Gasteiger partial charge on any atom is 0.0492 e. The van der Waals surface area contributed by atoms with Crippen LogP contribution in [0.4, 0.5) is 0 Å². The summed E-state index contributed by atoms with van der Waals surface area (Å²) < 4.78 is 2.00. The first-order chi connectivity index (χ1) is 9.79. The van der Waals surface area contributed by atoms with Gasteiger partial charge in [0, 0.05) is 25.0 Å². The molecule has 1 heterocycles. The van der Waals surface area contributed by atoms with E-state index in [2.05, 4.69) is 29.5 Å². The van der Waals surface area contributed by atoms with Crippen molar-refractivity contribution in [3.63, 3.8) is 0 Å². The number of aryl methyl sites for hydroxylation is 2. The third kappa shape index (κ3) is 4.78. The summed E-state index contributed by atoms with van der Waals surface area (Å²) in [6.07, 6.45) is 14.5. The topological polar surface area (TPSA) is 29.9 Å². The Morgan fingerprint density at radius 3 is 2.95 bits per heavy atom. The summed E-state index contributed by atoms with van der Waals surface area (Å²) in [7, 11) is 2.04. The Balaban J connectivity index is 1.85. The lowest BCUT2D eigenvalue weighted by molar-refractivity contribution is 0.460. The van der Waals surface area contributed by atoms with Crippen LogP contribution in [0.15, 0.2) is 23.9 Å². The predicted octanol–water partition coefficient (Wildman–Crippen LogP) is 3.61. The average Bonchev–Trinajstić information content (AvgIpc) is 2.88. The molecule has 0 aromatic carbocycles. The lowest BCUT2D eigenvalue weighted by Gasteiger charge is -2.22. The largest absolute Gasteiger partial charge is 0.314 e. The minimum Gasteiger partial charge on any atom is -0.314 e. The van der Waals surface area contributed by atoms with E-state index >= 15 is 0 Å². The molecule has 0 amide bonds. The fourth-order valence-corrected chi connectivity index (χ4v) is 3.00. The van der Waals surface area contributed by atoms with Crippen LogP contribution in [0.25, 0.3) is 0 Å². The third-order valence-corrected chi connectivity index (χ3v) is 4.25. The maximum atomic E-state index is 4.26. The number of allylic oxidation sites excluding steroid dienone is 1. The molecular weight excluding hydrogens is 246 g/mol. The molecule has 0 bridgehead atoms. The second-order valence-corrected chi connectivity index (χ2v) is 5.95. The van der Waals surface area contributed by atoms with E-state index in [9.17, 15) is 0 Å². The van der Waals surface area contributed by atoms with E-state index in [0.29, 0.717) is 6.04 Å². The highest BCUT2D eigenvalue weighted by Gasteiger charge is 2.13. The van der Waals surface area contributed by atoms with Gasteiger partial charge in [-0.3, -0.25) is 4.68 Å². The minimum atomic E-state index is 0.620. The fraction of sp³-hybridized carbons (Fsp3) is 0.706. The zero-order chi connectivity index (χ0) is 14.2. The van der Waals surface area contributed by atoms with E-state index in [1.165, 1.54) is 50.6 Å². The summed E-state index contributed by atoms with van der Waals surface area (Å²) in [4.78, 5) is 0. The van der Waals surface area contributed by atoms with Crippen molar-refractivity contribution in [2.24, 2.45) is 7.05 Å². The fourth-order valence-electron chi connectivity index (χ4n) is 3.00. The molecule has 1 N–H and O–H groups in total. The van der Waals surface area contributed by atoms with Crippen molar-refractivity contribution >= 4 is 0 Å². The lowest BCUT2D eigenvalue weighted by Crippen LogP contribution is -2.31. The average molecular weight is 275 g/mol. The van der Waals surface area contributed by atoms with Crippen LogP contribution in [0, 0.1) is 0 Å². The monoisotopic (exact) mass is 275 g/mol. The lowest BCUT2D eigenvalue weighted by atomic mass is 9.92. The van der Waals surface area contributed by atoms with E-state index in [0.717, 1.165) is 13.0 Å². The number of rotatable bonds is 8. The zero-order valence-corrected chi connectivity index (χ0v) is 13.1. The number of nitrogens with one attached hydrogen (secondary N) is 1. The first kappa shape index (κ1) is 15.3. The van der Waals surface area contributed by atoms with Crippen LogP contribution in [0.2, 0.25) is 0 Å². The van der Waals surface area contributed by atoms with Gasteiger partial charge in [0.15, 0.2) is 0 Å². The van der Waals surface area contributed by atoms with E-state index in [-0.39, 0.29) is 0 Å². The first-order valence-electron chi connectivity index (χ1n) is 8.17. The Hall–Kier alpha value is -1.09. The van der Waals surface area contributed by atoms with Gasteiger partial charge in [-0.05, 0) is 64.0 Å². The smallest absolute Gasteiger partial charge is 0.0492 e. The number of hydrogen-bond donors (Lipinski definition) is 1. The molecule has 1 aromatic heterocycles. The van der Waals surface area contributed by atoms with Gasteiger partial charge in [-0.25, -0.2) is 0 Å². The van der Waals surface area contributed by atoms with E-state index in [1.54, 1.807) is 5.57 Å². The molecule has 0 saturated heterocycles. The van der Waals surface area contributed by atoms with Crippen molar-refractivity contribution in [3.05, 3.63) is 29.6 Å². The summed E-state index contributed by atoms with van der Waals surface area (Å²) in [5, 5.41) is 7.99. The molecule has 1 atom stereocenters. The van der Waals surface area contributed by atoms with Crippen molar-refractivity contribution in [2.45, 2.75) is 64.3 Å². The number of nitrogens with zero attached hydrogens (tertiary/aromatic N) is 2. The molecule has 3 heteroatoms. The van der Waals surface area contributed by atoms with E-state index < -0.39 is 0 Å².